The van der Waals surface area contributed by atoms with Crippen molar-refractivity contribution >= 4 is 17.9 Å². The van der Waals surface area contributed by atoms with Crippen molar-refractivity contribution in [2.45, 2.75) is 257 Å². The zero-order valence-corrected chi connectivity index (χ0v) is 40.8. The van der Waals surface area contributed by atoms with E-state index in [4.69, 9.17) is 18.9 Å². The van der Waals surface area contributed by atoms with Gasteiger partial charge in [0.25, 0.3) is 0 Å². The third kappa shape index (κ3) is 45.9. The number of nitrogens with zero attached hydrogens (tertiary/aromatic N) is 1. The summed E-state index contributed by atoms with van der Waals surface area (Å²) in [4.78, 5) is 37.1. The molecule has 0 N–H and O–H groups in total. The van der Waals surface area contributed by atoms with E-state index in [1.54, 1.807) is 0 Å². The zero-order chi connectivity index (χ0) is 44.9. The lowest BCUT2D eigenvalue weighted by Crippen LogP contribution is -2.44. The van der Waals surface area contributed by atoms with Gasteiger partial charge in [-0.05, 0) is 38.5 Å². The molecule has 0 aromatic rings. The summed E-state index contributed by atoms with van der Waals surface area (Å²) in [6.45, 7) is 4.78. The Morgan fingerprint density at radius 3 is 1.21 bits per heavy atom. The number of likely N-dealkylation sites (N-methyl/N-ethyl adjacent to an activating group) is 1. The standard InChI is InChI=1S/C52H99NO8/c1-6-8-10-12-14-16-18-20-22-23-24-25-26-27-29-31-33-35-37-39-41-43-50(55)61-48(47-60-52(51(56)57)58-45-44-53(3,4)5)46-59-49(54)42-40-38-36-34-32-30-28-21-19-17-15-13-11-9-7-2/h23-24,48,52H,6-22,25-47H2,1-5H3/b24-23-. The molecule has 0 heterocycles. The molecule has 9 heteroatoms. The lowest BCUT2D eigenvalue weighted by atomic mass is 10.0. The largest absolute Gasteiger partial charge is 0.545 e. The van der Waals surface area contributed by atoms with Crippen LogP contribution >= 0.6 is 0 Å². The average Bonchev–Trinajstić information content (AvgIpc) is 3.22. The molecule has 9 nitrogen and oxygen atoms in total. The molecular weight excluding hydrogens is 767 g/mol. The Bertz CT molecular complexity index is 1010. The van der Waals surface area contributed by atoms with Crippen LogP contribution in [-0.2, 0) is 33.3 Å². The van der Waals surface area contributed by atoms with E-state index in [1.807, 2.05) is 21.1 Å². The normalized spacial score (nSPS) is 12.9. The molecule has 360 valence electrons. The van der Waals surface area contributed by atoms with Gasteiger partial charge < -0.3 is 33.3 Å². The minimum absolute atomic E-state index is 0.151. The van der Waals surface area contributed by atoms with Crippen LogP contribution in [-0.4, -0.2) is 82.3 Å². The summed E-state index contributed by atoms with van der Waals surface area (Å²) < 4.78 is 22.6. The molecule has 0 aliphatic carbocycles. The molecule has 0 aromatic carbocycles. The molecule has 0 aromatic heterocycles. The Balaban J connectivity index is 4.30. The predicted octanol–water partition coefficient (Wildman–Crippen LogP) is 12.9. The summed E-state index contributed by atoms with van der Waals surface area (Å²) >= 11 is 0. The molecule has 0 saturated heterocycles. The van der Waals surface area contributed by atoms with Crippen molar-refractivity contribution in [2.75, 3.05) is 47.5 Å². The van der Waals surface area contributed by atoms with Gasteiger partial charge in [0.1, 0.15) is 13.2 Å². The molecule has 2 atom stereocenters. The van der Waals surface area contributed by atoms with Crippen LogP contribution in [0.3, 0.4) is 0 Å². The molecule has 0 saturated carbocycles. The van der Waals surface area contributed by atoms with Gasteiger partial charge in [0, 0.05) is 12.8 Å². The lowest BCUT2D eigenvalue weighted by Gasteiger charge is -2.26. The maximum Gasteiger partial charge on any atom is 0.306 e. The van der Waals surface area contributed by atoms with Gasteiger partial charge in [-0.2, -0.15) is 0 Å². The van der Waals surface area contributed by atoms with Crippen molar-refractivity contribution in [3.63, 3.8) is 0 Å². The van der Waals surface area contributed by atoms with Crippen LogP contribution in [0.1, 0.15) is 245 Å². The van der Waals surface area contributed by atoms with E-state index in [1.165, 1.54) is 173 Å². The first-order chi connectivity index (χ1) is 29.6. The molecule has 0 fully saturated rings. The zero-order valence-electron chi connectivity index (χ0n) is 40.8. The van der Waals surface area contributed by atoms with Crippen LogP contribution in [0.15, 0.2) is 12.2 Å². The van der Waals surface area contributed by atoms with Crippen LogP contribution in [0.4, 0.5) is 0 Å². The van der Waals surface area contributed by atoms with Gasteiger partial charge in [-0.1, -0.05) is 206 Å². The third-order valence-corrected chi connectivity index (χ3v) is 11.5. The highest BCUT2D eigenvalue weighted by molar-refractivity contribution is 5.70. The number of hydrogen-bond donors (Lipinski definition) is 0. The van der Waals surface area contributed by atoms with Crippen molar-refractivity contribution in [3.05, 3.63) is 12.2 Å². The topological polar surface area (TPSA) is 111 Å². The number of quaternary nitrogens is 1. The van der Waals surface area contributed by atoms with Gasteiger partial charge in [-0.15, -0.1) is 0 Å². The number of hydrogen-bond acceptors (Lipinski definition) is 8. The van der Waals surface area contributed by atoms with E-state index in [-0.39, 0.29) is 32.2 Å². The number of allylic oxidation sites excluding steroid dienone is 2. The number of carbonyl (C=O) groups is 3. The number of unbranched alkanes of at least 4 members (excludes halogenated alkanes) is 31. The van der Waals surface area contributed by atoms with Crippen LogP contribution in [0, 0.1) is 0 Å². The van der Waals surface area contributed by atoms with Crippen LogP contribution < -0.4 is 5.11 Å². The molecule has 0 spiro atoms. The van der Waals surface area contributed by atoms with E-state index in [0.717, 1.165) is 38.5 Å². The minimum atomic E-state index is -1.62. The van der Waals surface area contributed by atoms with E-state index < -0.39 is 24.3 Å². The number of aliphatic carboxylic acids is 1. The van der Waals surface area contributed by atoms with Crippen LogP contribution in [0.5, 0.6) is 0 Å². The molecule has 0 rings (SSSR count). The van der Waals surface area contributed by atoms with Crippen LogP contribution in [0.25, 0.3) is 0 Å². The first-order valence-electron chi connectivity index (χ1n) is 25.8. The molecule has 0 amide bonds. The number of carbonyl (C=O) groups excluding carboxylic acids is 3. The van der Waals surface area contributed by atoms with Gasteiger partial charge in [0.2, 0.25) is 0 Å². The molecule has 0 radical (unpaired) electrons. The highest BCUT2D eigenvalue weighted by Crippen LogP contribution is 2.16. The summed E-state index contributed by atoms with van der Waals surface area (Å²) in [6, 6.07) is 0. The molecular formula is C52H99NO8. The SMILES string of the molecule is CCCCCCCCCC/C=C\CCCCCCCCCCCC(=O)OC(COC(=O)CCCCCCCCCCCCCCCCC)COC(OCC[N+](C)(C)C)C(=O)[O-]. The molecule has 0 bridgehead atoms. The number of ether oxygens (including phenoxy) is 4. The smallest absolute Gasteiger partial charge is 0.306 e. The molecule has 2 unspecified atom stereocenters. The van der Waals surface area contributed by atoms with E-state index in [2.05, 4.69) is 26.0 Å². The Kier molecular flexibility index (Phi) is 43.2. The fourth-order valence-corrected chi connectivity index (χ4v) is 7.47. The maximum atomic E-state index is 12.8. The first-order valence-corrected chi connectivity index (χ1v) is 25.8. The maximum absolute atomic E-state index is 12.8. The second-order valence-electron chi connectivity index (χ2n) is 18.8. The second kappa shape index (κ2) is 44.6. The fourth-order valence-electron chi connectivity index (χ4n) is 7.47. The highest BCUT2D eigenvalue weighted by Gasteiger charge is 2.22. The molecule has 61 heavy (non-hydrogen) atoms. The lowest BCUT2D eigenvalue weighted by molar-refractivity contribution is -0.870. The van der Waals surface area contributed by atoms with Gasteiger partial charge in [-0.25, -0.2) is 0 Å². The van der Waals surface area contributed by atoms with E-state index in [9.17, 15) is 19.5 Å². The Morgan fingerprint density at radius 1 is 0.475 bits per heavy atom. The van der Waals surface area contributed by atoms with Gasteiger partial charge >= 0.3 is 11.9 Å². The van der Waals surface area contributed by atoms with Gasteiger partial charge in [0.05, 0.1) is 40.3 Å². The number of rotatable bonds is 48. The van der Waals surface area contributed by atoms with Crippen LogP contribution in [0.2, 0.25) is 0 Å². The highest BCUT2D eigenvalue weighted by atomic mass is 16.7. The average molecular weight is 866 g/mol. The summed E-state index contributed by atoms with van der Waals surface area (Å²) in [5, 5.41) is 11.7. The fraction of sp³-hybridized carbons (Fsp3) is 0.904. The Morgan fingerprint density at radius 2 is 0.836 bits per heavy atom. The Hall–Kier alpha value is -1.97. The first kappa shape index (κ1) is 59.0. The quantitative estimate of drug-likeness (QED) is 0.0195. The van der Waals surface area contributed by atoms with Crippen molar-refractivity contribution in [1.82, 2.24) is 0 Å². The van der Waals surface area contributed by atoms with E-state index >= 15 is 0 Å². The van der Waals surface area contributed by atoms with Crippen molar-refractivity contribution in [1.29, 1.82) is 0 Å². The van der Waals surface area contributed by atoms with Crippen molar-refractivity contribution < 1.29 is 42.9 Å². The third-order valence-electron chi connectivity index (χ3n) is 11.5. The minimum Gasteiger partial charge on any atom is -0.545 e. The van der Waals surface area contributed by atoms with E-state index in [0.29, 0.717) is 23.9 Å². The number of carboxylic acid groups (broad SMARTS) is 1. The summed E-state index contributed by atoms with van der Waals surface area (Å²) in [5.41, 5.74) is 0. The molecule has 0 aliphatic heterocycles. The predicted molar refractivity (Wildman–Crippen MR) is 251 cm³/mol. The Labute approximate surface area is 376 Å². The summed E-state index contributed by atoms with van der Waals surface area (Å²) in [7, 11) is 5.92. The van der Waals surface area contributed by atoms with Crippen molar-refractivity contribution in [3.8, 4) is 0 Å². The number of esters is 2. The second-order valence-corrected chi connectivity index (χ2v) is 18.8. The monoisotopic (exact) mass is 866 g/mol. The summed E-state index contributed by atoms with van der Waals surface area (Å²) in [5.74, 6) is -2.27. The van der Waals surface area contributed by atoms with Gasteiger partial charge in [-0.3, -0.25) is 9.59 Å². The van der Waals surface area contributed by atoms with Crippen molar-refractivity contribution in [2.24, 2.45) is 0 Å². The number of carboxylic acids is 1. The molecule has 0 aliphatic rings. The van der Waals surface area contributed by atoms with Gasteiger partial charge in [0.15, 0.2) is 12.4 Å². The summed E-state index contributed by atoms with van der Waals surface area (Å²) in [6.07, 6.45) is 45.3.